The molecule has 0 heterocycles. The summed E-state index contributed by atoms with van der Waals surface area (Å²) in [5.74, 6) is -4.04. The molecule has 0 aliphatic rings. The van der Waals surface area contributed by atoms with E-state index in [1.165, 1.54) is 6.92 Å². The highest BCUT2D eigenvalue weighted by Crippen LogP contribution is 2.24. The summed E-state index contributed by atoms with van der Waals surface area (Å²) in [5, 5.41) is 0. The van der Waals surface area contributed by atoms with Gasteiger partial charge in [-0.05, 0) is 25.5 Å². The number of rotatable bonds is 4. The Morgan fingerprint density at radius 3 is 2.47 bits per heavy atom. The summed E-state index contributed by atoms with van der Waals surface area (Å²) in [5.41, 5.74) is -1.07. The van der Waals surface area contributed by atoms with Gasteiger partial charge in [-0.15, -0.1) is 0 Å². The quantitative estimate of drug-likeness (QED) is 0.633. The summed E-state index contributed by atoms with van der Waals surface area (Å²) in [4.78, 5) is 10.6. The van der Waals surface area contributed by atoms with Gasteiger partial charge in [0.1, 0.15) is 16.3 Å². The van der Waals surface area contributed by atoms with Gasteiger partial charge in [-0.3, -0.25) is 0 Å². The molecular formula is C11H11ClF2O4S. The van der Waals surface area contributed by atoms with Crippen molar-refractivity contribution in [2.45, 2.75) is 31.3 Å². The molecule has 0 spiro atoms. The number of carbonyl (C=O) groups is 1. The van der Waals surface area contributed by atoms with E-state index in [9.17, 15) is 22.0 Å². The van der Waals surface area contributed by atoms with Gasteiger partial charge in [-0.2, -0.15) is 0 Å². The van der Waals surface area contributed by atoms with E-state index in [1.807, 2.05) is 0 Å². The predicted octanol–water partition coefficient (Wildman–Crippen LogP) is 2.85. The highest BCUT2D eigenvalue weighted by atomic mass is 35.7. The van der Waals surface area contributed by atoms with Gasteiger partial charge in [0, 0.05) is 10.7 Å². The van der Waals surface area contributed by atoms with E-state index >= 15 is 0 Å². The van der Waals surface area contributed by atoms with Crippen molar-refractivity contribution in [2.24, 2.45) is 0 Å². The van der Waals surface area contributed by atoms with E-state index in [2.05, 4.69) is 0 Å². The van der Waals surface area contributed by atoms with Crippen molar-refractivity contribution in [1.29, 1.82) is 0 Å². The van der Waals surface area contributed by atoms with Gasteiger partial charge in [0.2, 0.25) is 0 Å². The van der Waals surface area contributed by atoms with Crippen LogP contribution in [0.3, 0.4) is 0 Å². The van der Waals surface area contributed by atoms with Crippen LogP contribution in [-0.2, 0) is 13.8 Å². The Labute approximate surface area is 113 Å². The molecule has 1 aromatic rings. The fraction of sp³-hybridized carbons (Fsp3) is 0.364. The van der Waals surface area contributed by atoms with Crippen molar-refractivity contribution >= 4 is 25.7 Å². The van der Waals surface area contributed by atoms with Gasteiger partial charge >= 0.3 is 5.97 Å². The molecule has 1 rings (SSSR count). The van der Waals surface area contributed by atoms with Crippen LogP contribution >= 0.6 is 10.7 Å². The zero-order chi connectivity index (χ0) is 14.8. The van der Waals surface area contributed by atoms with Gasteiger partial charge in [0.25, 0.3) is 9.05 Å². The molecule has 0 saturated heterocycles. The lowest BCUT2D eigenvalue weighted by Crippen LogP contribution is -2.18. The largest absolute Gasteiger partial charge is 0.459 e. The van der Waals surface area contributed by atoms with Crippen LogP contribution in [0.25, 0.3) is 0 Å². The summed E-state index contributed by atoms with van der Waals surface area (Å²) in [6.07, 6.45) is -0.106. The highest BCUT2D eigenvalue weighted by molar-refractivity contribution is 8.13. The van der Waals surface area contributed by atoms with E-state index < -0.39 is 43.2 Å². The molecule has 0 fully saturated rings. The summed E-state index contributed by atoms with van der Waals surface area (Å²) >= 11 is 0. The van der Waals surface area contributed by atoms with Gasteiger partial charge in [0.05, 0.1) is 6.10 Å². The van der Waals surface area contributed by atoms with Crippen LogP contribution in [0.4, 0.5) is 8.78 Å². The number of esters is 1. The lowest BCUT2D eigenvalue weighted by Gasteiger charge is -2.12. The van der Waals surface area contributed by atoms with E-state index in [-0.39, 0.29) is 0 Å². The Morgan fingerprint density at radius 2 is 2.00 bits per heavy atom. The van der Waals surface area contributed by atoms with E-state index in [0.29, 0.717) is 18.6 Å². The second kappa shape index (κ2) is 5.83. The Kier molecular flexibility index (Phi) is 4.86. The minimum absolute atomic E-state index is 0.447. The molecule has 0 radical (unpaired) electrons. The van der Waals surface area contributed by atoms with E-state index in [0.717, 1.165) is 0 Å². The monoisotopic (exact) mass is 312 g/mol. The molecule has 1 atom stereocenters. The van der Waals surface area contributed by atoms with Crippen molar-refractivity contribution in [3.8, 4) is 0 Å². The third-order valence-corrected chi connectivity index (χ3v) is 3.74. The molecule has 0 aliphatic carbocycles. The second-order valence-corrected chi connectivity index (χ2v) is 6.33. The third kappa shape index (κ3) is 3.63. The van der Waals surface area contributed by atoms with Crippen molar-refractivity contribution in [1.82, 2.24) is 0 Å². The first kappa shape index (κ1) is 15.8. The fourth-order valence-electron chi connectivity index (χ4n) is 1.23. The number of hydrogen-bond acceptors (Lipinski definition) is 4. The molecule has 0 aromatic heterocycles. The van der Waals surface area contributed by atoms with Gasteiger partial charge < -0.3 is 4.74 Å². The molecule has 0 N–H and O–H groups in total. The maximum absolute atomic E-state index is 13.8. The summed E-state index contributed by atoms with van der Waals surface area (Å²) in [6.45, 7) is 3.25. The molecular weight excluding hydrogens is 302 g/mol. The molecule has 0 amide bonds. The molecule has 0 saturated carbocycles. The minimum Gasteiger partial charge on any atom is -0.459 e. The molecule has 1 aromatic carbocycles. The average molecular weight is 313 g/mol. The van der Waals surface area contributed by atoms with Gasteiger partial charge in [0.15, 0.2) is 5.82 Å². The lowest BCUT2D eigenvalue weighted by atomic mass is 10.2. The maximum Gasteiger partial charge on any atom is 0.344 e. The molecule has 8 heteroatoms. The fourth-order valence-corrected chi connectivity index (χ4v) is 2.14. The van der Waals surface area contributed by atoms with Crippen LogP contribution in [0.1, 0.15) is 30.6 Å². The van der Waals surface area contributed by atoms with Crippen LogP contribution in [0, 0.1) is 11.6 Å². The Bertz CT molecular complexity index is 601. The predicted molar refractivity (Wildman–Crippen MR) is 64.6 cm³/mol. The maximum atomic E-state index is 13.8. The first-order valence-electron chi connectivity index (χ1n) is 5.32. The van der Waals surface area contributed by atoms with Crippen molar-refractivity contribution in [3.63, 3.8) is 0 Å². The number of halogens is 3. The lowest BCUT2D eigenvalue weighted by molar-refractivity contribution is 0.0323. The zero-order valence-corrected chi connectivity index (χ0v) is 11.7. The van der Waals surface area contributed by atoms with E-state index in [4.69, 9.17) is 15.4 Å². The summed E-state index contributed by atoms with van der Waals surface area (Å²) in [6, 6.07) is 1.29. The van der Waals surface area contributed by atoms with Crippen LogP contribution in [0.15, 0.2) is 17.0 Å². The number of ether oxygens (including phenoxy) is 1. The number of carbonyl (C=O) groups excluding carboxylic acids is 1. The number of hydrogen-bond donors (Lipinski definition) is 0. The first-order chi connectivity index (χ1) is 8.68. The average Bonchev–Trinajstić information content (AvgIpc) is 2.26. The Hall–Kier alpha value is -1.21. The Balaban J connectivity index is 3.32. The highest BCUT2D eigenvalue weighted by Gasteiger charge is 2.27. The van der Waals surface area contributed by atoms with Gasteiger partial charge in [-0.1, -0.05) is 6.92 Å². The minimum atomic E-state index is -4.42. The van der Waals surface area contributed by atoms with Crippen LogP contribution in [-0.4, -0.2) is 20.5 Å². The Morgan fingerprint density at radius 1 is 1.42 bits per heavy atom. The molecule has 0 aliphatic heterocycles. The molecule has 4 nitrogen and oxygen atoms in total. The topological polar surface area (TPSA) is 60.4 Å². The van der Waals surface area contributed by atoms with Crippen molar-refractivity contribution < 1.29 is 26.7 Å². The van der Waals surface area contributed by atoms with Gasteiger partial charge in [-0.25, -0.2) is 22.0 Å². The summed E-state index contributed by atoms with van der Waals surface area (Å²) in [7, 11) is 0.566. The normalized spacial score (nSPS) is 13.1. The third-order valence-electron chi connectivity index (χ3n) is 2.41. The van der Waals surface area contributed by atoms with Crippen LogP contribution in [0.5, 0.6) is 0 Å². The first-order valence-corrected chi connectivity index (χ1v) is 7.63. The molecule has 19 heavy (non-hydrogen) atoms. The standard InChI is InChI=1S/C11H11ClF2O4S/c1-3-6(2)18-11(15)9-7(13)4-5-8(10(9)14)19(12,16)17/h4-6H,3H2,1-2H3. The molecule has 106 valence electrons. The second-order valence-electron chi connectivity index (χ2n) is 3.80. The number of benzene rings is 1. The summed E-state index contributed by atoms with van der Waals surface area (Å²) < 4.78 is 54.2. The van der Waals surface area contributed by atoms with Crippen LogP contribution < -0.4 is 0 Å². The van der Waals surface area contributed by atoms with Crippen molar-refractivity contribution in [3.05, 3.63) is 29.3 Å². The van der Waals surface area contributed by atoms with E-state index in [1.54, 1.807) is 6.92 Å². The van der Waals surface area contributed by atoms with Crippen molar-refractivity contribution in [2.75, 3.05) is 0 Å². The smallest absolute Gasteiger partial charge is 0.344 e. The zero-order valence-electron chi connectivity index (χ0n) is 10.1. The molecule has 0 bridgehead atoms. The molecule has 1 unspecified atom stereocenters. The SMILES string of the molecule is CCC(C)OC(=O)c1c(F)ccc(S(=O)(=O)Cl)c1F. The van der Waals surface area contributed by atoms with Crippen LogP contribution in [0.2, 0.25) is 0 Å².